The third kappa shape index (κ3) is 8.81. The quantitative estimate of drug-likeness (QED) is 0.191. The first-order valence-corrected chi connectivity index (χ1v) is 16.8. The predicted molar refractivity (Wildman–Crippen MR) is 176 cm³/mol. The Kier molecular flexibility index (Phi) is 11.6. The number of amides is 1. The summed E-state index contributed by atoms with van der Waals surface area (Å²) in [6.07, 6.45) is 0.837. The lowest BCUT2D eigenvalue weighted by Crippen LogP contribution is -2.52. The van der Waals surface area contributed by atoms with Crippen molar-refractivity contribution in [2.45, 2.75) is 64.6 Å². The number of rotatable bonds is 15. The van der Waals surface area contributed by atoms with E-state index in [1.165, 1.54) is 4.31 Å². The smallest absolute Gasteiger partial charge is 0.258 e. The molecule has 0 aliphatic heterocycles. The van der Waals surface area contributed by atoms with E-state index in [1.807, 2.05) is 93.9 Å². The lowest BCUT2D eigenvalue weighted by atomic mass is 10.0. The van der Waals surface area contributed by atoms with Gasteiger partial charge in [-0.1, -0.05) is 74.5 Å². The van der Waals surface area contributed by atoms with Gasteiger partial charge >= 0.3 is 0 Å². The normalized spacial score (nSPS) is 13.2. The fourth-order valence-electron chi connectivity index (χ4n) is 5.35. The number of hydrogen-bond acceptors (Lipinski definition) is 6. The van der Waals surface area contributed by atoms with Crippen LogP contribution in [-0.2, 0) is 27.8 Å². The van der Waals surface area contributed by atoms with Crippen LogP contribution in [0.1, 0.15) is 37.5 Å². The summed E-state index contributed by atoms with van der Waals surface area (Å²) >= 11 is 0. The number of aryl methyl sites for hydroxylation is 3. The average molecular weight is 633 g/mol. The number of nitrogens with one attached hydrogen (secondary N) is 1. The molecule has 0 aliphatic carbocycles. The van der Waals surface area contributed by atoms with Crippen molar-refractivity contribution in [1.29, 1.82) is 0 Å². The first-order valence-electron chi connectivity index (χ1n) is 15.3. The van der Waals surface area contributed by atoms with Crippen LogP contribution in [0, 0.1) is 19.8 Å². The number of aliphatic hydroxyl groups is 1. The molecule has 4 rings (SSSR count). The number of sulfonamides is 1. The summed E-state index contributed by atoms with van der Waals surface area (Å²) in [5.41, 5.74) is 4.50. The second kappa shape index (κ2) is 15.3. The van der Waals surface area contributed by atoms with Crippen molar-refractivity contribution in [1.82, 2.24) is 19.4 Å². The number of aromatic nitrogens is 2. The minimum absolute atomic E-state index is 0.00179. The van der Waals surface area contributed by atoms with Crippen molar-refractivity contribution in [3.05, 3.63) is 102 Å². The topological polar surface area (TPSA) is 114 Å². The molecule has 0 bridgehead atoms. The SMILES string of the molecule is CCn1nccc1-c1ccc(S(=O)(=O)N(CC(C)C)C[C@@H](O)[C@H](Cc2ccccc2)NC(=O)COc2c(C)cccc2C)cc1. The first kappa shape index (κ1) is 33.9. The summed E-state index contributed by atoms with van der Waals surface area (Å²) in [5.74, 6) is 0.239. The third-order valence-corrected chi connectivity index (χ3v) is 9.47. The summed E-state index contributed by atoms with van der Waals surface area (Å²) in [5, 5.41) is 18.8. The molecule has 1 amide bonds. The Labute approximate surface area is 266 Å². The fraction of sp³-hybridized carbons (Fsp3) is 0.371. The molecule has 1 aromatic heterocycles. The summed E-state index contributed by atoms with van der Waals surface area (Å²) in [6.45, 7) is 10.2. The van der Waals surface area contributed by atoms with Crippen LogP contribution in [0.5, 0.6) is 5.75 Å². The van der Waals surface area contributed by atoms with Crippen molar-refractivity contribution in [2.24, 2.45) is 5.92 Å². The Balaban J connectivity index is 1.54. The minimum Gasteiger partial charge on any atom is -0.483 e. The highest BCUT2D eigenvalue weighted by Gasteiger charge is 2.31. The number of nitrogens with zero attached hydrogens (tertiary/aromatic N) is 3. The Morgan fingerprint density at radius 3 is 2.24 bits per heavy atom. The minimum atomic E-state index is -3.97. The van der Waals surface area contributed by atoms with Crippen LogP contribution in [0.25, 0.3) is 11.3 Å². The zero-order chi connectivity index (χ0) is 32.6. The number of ether oxygens (including phenoxy) is 1. The number of carbonyl (C=O) groups is 1. The van der Waals surface area contributed by atoms with Crippen LogP contribution in [0.15, 0.2) is 90.0 Å². The van der Waals surface area contributed by atoms with Gasteiger partial charge < -0.3 is 15.2 Å². The van der Waals surface area contributed by atoms with E-state index in [2.05, 4.69) is 10.4 Å². The molecule has 0 radical (unpaired) electrons. The van der Waals surface area contributed by atoms with Gasteiger partial charge in [-0.25, -0.2) is 8.42 Å². The van der Waals surface area contributed by atoms with Gasteiger partial charge in [-0.05, 0) is 73.6 Å². The lowest BCUT2D eigenvalue weighted by molar-refractivity contribution is -0.124. The van der Waals surface area contributed by atoms with Gasteiger partial charge in [0.25, 0.3) is 5.91 Å². The van der Waals surface area contributed by atoms with Gasteiger partial charge in [0, 0.05) is 25.8 Å². The predicted octanol–water partition coefficient (Wildman–Crippen LogP) is 5.00. The van der Waals surface area contributed by atoms with Crippen LogP contribution in [-0.4, -0.2) is 65.4 Å². The zero-order valence-electron chi connectivity index (χ0n) is 26.7. The van der Waals surface area contributed by atoms with Gasteiger partial charge in [0.1, 0.15) is 5.75 Å². The van der Waals surface area contributed by atoms with E-state index in [4.69, 9.17) is 4.74 Å². The summed E-state index contributed by atoms with van der Waals surface area (Å²) in [7, 11) is -3.97. The molecular weight excluding hydrogens is 588 g/mol. The molecule has 0 aliphatic rings. The lowest BCUT2D eigenvalue weighted by Gasteiger charge is -2.31. The van der Waals surface area contributed by atoms with E-state index in [0.29, 0.717) is 18.7 Å². The van der Waals surface area contributed by atoms with E-state index in [9.17, 15) is 18.3 Å². The van der Waals surface area contributed by atoms with Gasteiger partial charge in [0.05, 0.1) is 22.7 Å². The Morgan fingerprint density at radius 2 is 1.62 bits per heavy atom. The van der Waals surface area contributed by atoms with Crippen LogP contribution >= 0.6 is 0 Å². The molecule has 10 heteroatoms. The van der Waals surface area contributed by atoms with Gasteiger partial charge in [-0.15, -0.1) is 0 Å². The molecule has 4 aromatic rings. The van der Waals surface area contributed by atoms with Crippen LogP contribution < -0.4 is 10.1 Å². The molecule has 0 unspecified atom stereocenters. The largest absolute Gasteiger partial charge is 0.483 e. The summed E-state index contributed by atoms with van der Waals surface area (Å²) in [6, 6.07) is 23.1. The van der Waals surface area contributed by atoms with Crippen molar-refractivity contribution >= 4 is 15.9 Å². The molecule has 0 saturated carbocycles. The van der Waals surface area contributed by atoms with E-state index < -0.39 is 28.1 Å². The third-order valence-electron chi connectivity index (χ3n) is 7.63. The van der Waals surface area contributed by atoms with Crippen LogP contribution in [0.4, 0.5) is 0 Å². The molecule has 3 aromatic carbocycles. The molecule has 0 spiro atoms. The van der Waals surface area contributed by atoms with E-state index in [0.717, 1.165) is 27.9 Å². The first-order chi connectivity index (χ1) is 21.5. The second-order valence-electron chi connectivity index (χ2n) is 11.7. The van der Waals surface area contributed by atoms with Crippen molar-refractivity contribution < 1.29 is 23.1 Å². The molecule has 1 heterocycles. The molecule has 9 nitrogen and oxygen atoms in total. The van der Waals surface area contributed by atoms with Gasteiger partial charge in [0.15, 0.2) is 6.61 Å². The summed E-state index contributed by atoms with van der Waals surface area (Å²) in [4.78, 5) is 13.2. The molecule has 2 N–H and O–H groups in total. The number of benzene rings is 3. The van der Waals surface area contributed by atoms with Gasteiger partial charge in [-0.2, -0.15) is 9.40 Å². The monoisotopic (exact) mass is 632 g/mol. The maximum atomic E-state index is 13.9. The second-order valence-corrected chi connectivity index (χ2v) is 13.7. The number of para-hydroxylation sites is 1. The molecule has 0 saturated heterocycles. The summed E-state index contributed by atoms with van der Waals surface area (Å²) < 4.78 is 36.9. The highest BCUT2D eigenvalue weighted by Crippen LogP contribution is 2.25. The Morgan fingerprint density at radius 1 is 0.956 bits per heavy atom. The number of carbonyl (C=O) groups excluding carboxylic acids is 1. The number of aliphatic hydroxyl groups excluding tert-OH is 1. The van der Waals surface area contributed by atoms with E-state index in [-0.39, 0.29) is 30.5 Å². The highest BCUT2D eigenvalue weighted by molar-refractivity contribution is 7.89. The molecular formula is C35H44N4O5S. The van der Waals surface area contributed by atoms with Crippen molar-refractivity contribution in [3.63, 3.8) is 0 Å². The van der Waals surface area contributed by atoms with E-state index in [1.54, 1.807) is 30.5 Å². The van der Waals surface area contributed by atoms with Crippen LogP contribution in [0.3, 0.4) is 0 Å². The Bertz CT molecular complexity index is 1630. The van der Waals surface area contributed by atoms with E-state index >= 15 is 0 Å². The maximum Gasteiger partial charge on any atom is 0.258 e. The molecule has 240 valence electrons. The molecule has 0 fully saturated rings. The fourth-order valence-corrected chi connectivity index (χ4v) is 6.98. The maximum absolute atomic E-state index is 13.9. The Hall–Kier alpha value is -3.99. The zero-order valence-corrected chi connectivity index (χ0v) is 27.5. The van der Waals surface area contributed by atoms with Gasteiger partial charge in [0.2, 0.25) is 10.0 Å². The highest BCUT2D eigenvalue weighted by atomic mass is 32.2. The average Bonchev–Trinajstić information content (AvgIpc) is 3.49. The number of hydrogen-bond donors (Lipinski definition) is 2. The van der Waals surface area contributed by atoms with Gasteiger partial charge in [-0.3, -0.25) is 9.48 Å². The van der Waals surface area contributed by atoms with Crippen molar-refractivity contribution in [2.75, 3.05) is 19.7 Å². The van der Waals surface area contributed by atoms with Crippen molar-refractivity contribution in [3.8, 4) is 17.0 Å². The van der Waals surface area contributed by atoms with Crippen LogP contribution in [0.2, 0.25) is 0 Å². The molecule has 45 heavy (non-hydrogen) atoms. The molecule has 2 atom stereocenters. The standard InChI is InChI=1S/C35H44N4O5S/c1-6-39-32(19-20-36-39)29-15-17-30(18-16-29)45(42,43)38(22-25(2)3)23-33(40)31(21-28-13-8-7-9-14-28)37-34(41)24-44-35-26(4)11-10-12-27(35)5/h7-20,25,31,33,40H,6,21-24H2,1-5H3,(H,37,41)/t31-,33+/m0/s1.